The Bertz CT molecular complexity index is 889. The van der Waals surface area contributed by atoms with Gasteiger partial charge < -0.3 is 9.84 Å². The first-order chi connectivity index (χ1) is 15.1. The molecule has 0 aliphatic heterocycles. The summed E-state index contributed by atoms with van der Waals surface area (Å²) in [5.74, 6) is -0.608. The zero-order chi connectivity index (χ0) is 21.8. The van der Waals surface area contributed by atoms with Crippen molar-refractivity contribution in [2.45, 2.75) is 57.4 Å². The Labute approximate surface area is 184 Å². The number of likely N-dealkylation sites (N-methyl/N-ethyl adjacent to an activating group) is 1. The Hall–Kier alpha value is -2.82. The topological polar surface area (TPSA) is 66.8 Å². The third kappa shape index (κ3) is 4.46. The van der Waals surface area contributed by atoms with Crippen molar-refractivity contribution in [3.63, 3.8) is 0 Å². The molecule has 1 amide bonds. The Morgan fingerprint density at radius 1 is 1.00 bits per heavy atom. The molecule has 5 heteroatoms. The van der Waals surface area contributed by atoms with E-state index in [2.05, 4.69) is 24.3 Å². The van der Waals surface area contributed by atoms with Crippen molar-refractivity contribution in [3.05, 3.63) is 59.7 Å². The minimum atomic E-state index is -0.944. The van der Waals surface area contributed by atoms with Crippen LogP contribution in [0.15, 0.2) is 48.5 Å². The van der Waals surface area contributed by atoms with E-state index in [1.165, 1.54) is 22.4 Å². The van der Waals surface area contributed by atoms with Gasteiger partial charge in [0.1, 0.15) is 12.6 Å². The van der Waals surface area contributed by atoms with Crippen LogP contribution in [0.3, 0.4) is 0 Å². The molecular weight excluding hydrogens is 390 g/mol. The second kappa shape index (κ2) is 9.54. The summed E-state index contributed by atoms with van der Waals surface area (Å²) < 4.78 is 5.74. The van der Waals surface area contributed by atoms with E-state index in [4.69, 9.17) is 4.74 Å². The fraction of sp³-hybridized carbons (Fsp3) is 0.462. The van der Waals surface area contributed by atoms with Crippen LogP contribution in [-0.2, 0) is 9.53 Å². The van der Waals surface area contributed by atoms with Gasteiger partial charge in [0, 0.05) is 12.5 Å². The Balaban J connectivity index is 1.47. The van der Waals surface area contributed by atoms with E-state index in [-0.39, 0.29) is 12.5 Å². The fourth-order valence-corrected chi connectivity index (χ4v) is 5.25. The lowest BCUT2D eigenvalue weighted by Gasteiger charge is -2.31. The molecule has 2 aromatic carbocycles. The Morgan fingerprint density at radius 3 is 2.13 bits per heavy atom. The summed E-state index contributed by atoms with van der Waals surface area (Å²) in [4.78, 5) is 26.4. The number of hydrogen-bond acceptors (Lipinski definition) is 3. The van der Waals surface area contributed by atoms with Gasteiger partial charge in [-0.25, -0.2) is 9.59 Å². The molecule has 1 saturated carbocycles. The molecule has 31 heavy (non-hydrogen) atoms. The van der Waals surface area contributed by atoms with E-state index in [0.717, 1.165) is 36.8 Å². The molecule has 0 radical (unpaired) electrons. The lowest BCUT2D eigenvalue weighted by Crippen LogP contribution is -2.46. The van der Waals surface area contributed by atoms with Crippen LogP contribution >= 0.6 is 0 Å². The predicted molar refractivity (Wildman–Crippen MR) is 120 cm³/mol. The minimum absolute atomic E-state index is 0.0309. The number of amides is 1. The van der Waals surface area contributed by atoms with Crippen LogP contribution in [0.1, 0.15) is 62.5 Å². The fourth-order valence-electron chi connectivity index (χ4n) is 5.25. The second-order valence-electron chi connectivity index (χ2n) is 8.68. The number of aliphatic carboxylic acids is 1. The first-order valence-electron chi connectivity index (χ1n) is 11.4. The van der Waals surface area contributed by atoms with Crippen molar-refractivity contribution in [1.82, 2.24) is 4.90 Å². The SMILES string of the molecule is CCN(C(=O)OCC1c2ccccc2-c2ccccc21)C(CC1CCCCC1)C(=O)O. The van der Waals surface area contributed by atoms with Crippen LogP contribution in [0.5, 0.6) is 0 Å². The molecule has 1 fully saturated rings. The Kier molecular flexibility index (Phi) is 6.59. The molecule has 2 aliphatic carbocycles. The molecule has 0 aromatic heterocycles. The lowest BCUT2D eigenvalue weighted by atomic mass is 9.84. The van der Waals surface area contributed by atoms with Crippen LogP contribution in [0.4, 0.5) is 4.79 Å². The zero-order valence-corrected chi connectivity index (χ0v) is 18.1. The first kappa shape index (κ1) is 21.4. The highest BCUT2D eigenvalue weighted by Gasteiger charge is 2.34. The van der Waals surface area contributed by atoms with Gasteiger partial charge in [-0.15, -0.1) is 0 Å². The van der Waals surface area contributed by atoms with E-state index in [9.17, 15) is 14.7 Å². The van der Waals surface area contributed by atoms with Gasteiger partial charge >= 0.3 is 12.1 Å². The molecular formula is C26H31NO4. The van der Waals surface area contributed by atoms with Crippen LogP contribution in [-0.4, -0.2) is 41.3 Å². The van der Waals surface area contributed by atoms with Crippen molar-refractivity contribution in [1.29, 1.82) is 0 Å². The van der Waals surface area contributed by atoms with E-state index in [0.29, 0.717) is 18.9 Å². The number of fused-ring (bicyclic) bond motifs is 3. The monoisotopic (exact) mass is 421 g/mol. The van der Waals surface area contributed by atoms with Gasteiger partial charge in [0.15, 0.2) is 0 Å². The number of benzene rings is 2. The summed E-state index contributed by atoms with van der Waals surface area (Å²) in [5.41, 5.74) is 4.65. The summed E-state index contributed by atoms with van der Waals surface area (Å²) in [6.45, 7) is 2.34. The molecule has 0 bridgehead atoms. The normalized spacial score (nSPS) is 16.9. The smallest absolute Gasteiger partial charge is 0.410 e. The number of carboxylic acid groups (broad SMARTS) is 1. The van der Waals surface area contributed by atoms with Gasteiger partial charge in [0.05, 0.1) is 0 Å². The van der Waals surface area contributed by atoms with Crippen molar-refractivity contribution < 1.29 is 19.4 Å². The predicted octanol–water partition coefficient (Wildman–Crippen LogP) is 5.68. The molecule has 5 nitrogen and oxygen atoms in total. The average Bonchev–Trinajstić information content (AvgIpc) is 3.12. The molecule has 4 rings (SSSR count). The number of nitrogens with zero attached hydrogens (tertiary/aromatic N) is 1. The summed E-state index contributed by atoms with van der Waals surface area (Å²) >= 11 is 0. The van der Waals surface area contributed by atoms with Gasteiger partial charge in [0.25, 0.3) is 0 Å². The number of carboxylic acids is 1. The maximum Gasteiger partial charge on any atom is 0.410 e. The molecule has 1 N–H and O–H groups in total. The summed E-state index contributed by atoms with van der Waals surface area (Å²) in [7, 11) is 0. The van der Waals surface area contributed by atoms with Gasteiger partial charge in [-0.3, -0.25) is 4.90 Å². The third-order valence-corrected chi connectivity index (χ3v) is 6.85. The quantitative estimate of drug-likeness (QED) is 0.624. The van der Waals surface area contributed by atoms with Crippen molar-refractivity contribution >= 4 is 12.1 Å². The highest BCUT2D eigenvalue weighted by molar-refractivity contribution is 5.81. The van der Waals surface area contributed by atoms with E-state index < -0.39 is 18.1 Å². The number of carbonyl (C=O) groups is 2. The van der Waals surface area contributed by atoms with Crippen molar-refractivity contribution in [3.8, 4) is 11.1 Å². The minimum Gasteiger partial charge on any atom is -0.480 e. The molecule has 1 unspecified atom stereocenters. The highest BCUT2D eigenvalue weighted by Crippen LogP contribution is 2.44. The number of ether oxygens (including phenoxy) is 1. The van der Waals surface area contributed by atoms with Gasteiger partial charge in [-0.2, -0.15) is 0 Å². The van der Waals surface area contributed by atoms with Crippen LogP contribution in [0, 0.1) is 5.92 Å². The number of carbonyl (C=O) groups excluding carboxylic acids is 1. The molecule has 0 heterocycles. The molecule has 1 atom stereocenters. The maximum atomic E-state index is 13.0. The van der Waals surface area contributed by atoms with Crippen LogP contribution < -0.4 is 0 Å². The van der Waals surface area contributed by atoms with Gasteiger partial charge in [-0.1, -0.05) is 80.6 Å². The van der Waals surface area contributed by atoms with Gasteiger partial charge in [0.2, 0.25) is 0 Å². The van der Waals surface area contributed by atoms with E-state index in [1.54, 1.807) is 0 Å². The summed E-state index contributed by atoms with van der Waals surface area (Å²) in [6, 6.07) is 15.6. The summed E-state index contributed by atoms with van der Waals surface area (Å²) in [5, 5.41) is 9.84. The molecule has 0 spiro atoms. The van der Waals surface area contributed by atoms with Crippen molar-refractivity contribution in [2.24, 2.45) is 5.92 Å². The van der Waals surface area contributed by atoms with E-state index >= 15 is 0 Å². The average molecular weight is 422 g/mol. The number of hydrogen-bond donors (Lipinski definition) is 1. The first-order valence-corrected chi connectivity index (χ1v) is 11.4. The van der Waals surface area contributed by atoms with Crippen LogP contribution in [0.25, 0.3) is 11.1 Å². The maximum absolute atomic E-state index is 13.0. The van der Waals surface area contributed by atoms with Crippen molar-refractivity contribution in [2.75, 3.05) is 13.2 Å². The molecule has 2 aromatic rings. The summed E-state index contributed by atoms with van der Waals surface area (Å²) in [6.07, 6.45) is 5.58. The van der Waals surface area contributed by atoms with E-state index in [1.807, 2.05) is 31.2 Å². The molecule has 0 saturated heterocycles. The Morgan fingerprint density at radius 2 is 1.58 bits per heavy atom. The molecule has 2 aliphatic rings. The standard InChI is InChI=1S/C26H31NO4/c1-2-27(24(25(28)29)16-18-10-4-3-5-11-18)26(30)31-17-23-21-14-8-6-12-19(21)20-13-7-9-15-22(20)23/h6-9,12-15,18,23-24H,2-5,10-11,16-17H2,1H3,(H,28,29). The van der Waals surface area contributed by atoms with Gasteiger partial charge in [-0.05, 0) is 41.5 Å². The zero-order valence-electron chi connectivity index (χ0n) is 18.1. The second-order valence-corrected chi connectivity index (χ2v) is 8.68. The van der Waals surface area contributed by atoms with Crippen LogP contribution in [0.2, 0.25) is 0 Å². The highest BCUT2D eigenvalue weighted by atomic mass is 16.6. The third-order valence-electron chi connectivity index (χ3n) is 6.85. The molecule has 164 valence electrons. The largest absolute Gasteiger partial charge is 0.480 e. The lowest BCUT2D eigenvalue weighted by molar-refractivity contribution is -0.143. The number of rotatable bonds is 7.